The number of thiophene rings is 2. The molecule has 2 nitrogen and oxygen atoms in total. The van der Waals surface area contributed by atoms with Crippen LogP contribution in [0.25, 0.3) is 57.2 Å². The number of benzene rings is 10. The summed E-state index contributed by atoms with van der Waals surface area (Å²) >= 11 is 7.25. The molecular formula is C86H72O2S4Si3. The van der Waals surface area contributed by atoms with Gasteiger partial charge in [-0.3, -0.25) is 9.59 Å². The number of fused-ring (bicyclic) bond motifs is 19. The van der Waals surface area contributed by atoms with E-state index in [9.17, 15) is 9.59 Å². The maximum atomic E-state index is 13.7. The van der Waals surface area contributed by atoms with Crippen molar-refractivity contribution in [3.8, 4) is 34.9 Å². The summed E-state index contributed by atoms with van der Waals surface area (Å²) in [4.78, 5) is 30.0. The van der Waals surface area contributed by atoms with Crippen molar-refractivity contribution in [2.24, 2.45) is 0 Å². The maximum absolute atomic E-state index is 13.7. The SMILES string of the molecule is C.C#C[Si](C)(C)Cc1ccccc1.C[Si](C)(C#Cc1c2c(c(C#C[Si](C)(C)Cc3ccccc3)c3c1ccc1c4ccccc4sc13)C=CC1c3ccccc3SC21)Cc1ccccc1.O=C1C2=C(C=CC3c4ccccc4SC23)C(=O)c2c1ccc1c2sc2ccccc21. The number of carbonyl (C=O) groups is 2. The van der Waals surface area contributed by atoms with Crippen LogP contribution < -0.4 is 0 Å². The van der Waals surface area contributed by atoms with Gasteiger partial charge in [0.1, 0.15) is 24.2 Å². The van der Waals surface area contributed by atoms with Crippen LogP contribution in [-0.2, 0) is 18.1 Å². The number of hydrogen-bond acceptors (Lipinski definition) is 6. The first-order valence-electron chi connectivity index (χ1n) is 32.4. The van der Waals surface area contributed by atoms with Crippen LogP contribution in [0.5, 0.6) is 0 Å². The summed E-state index contributed by atoms with van der Waals surface area (Å²) in [5.74, 6) is 8.41. The van der Waals surface area contributed by atoms with Crippen LogP contribution in [0, 0.1) is 34.9 Å². The molecule has 0 saturated carbocycles. The zero-order valence-corrected chi connectivity index (χ0v) is 59.7. The summed E-state index contributed by atoms with van der Waals surface area (Å²) in [6.45, 7) is 14.1. The zero-order valence-electron chi connectivity index (χ0n) is 53.5. The lowest BCUT2D eigenvalue weighted by molar-refractivity contribution is 0.0975. The molecule has 0 bridgehead atoms. The van der Waals surface area contributed by atoms with Gasteiger partial charge >= 0.3 is 0 Å². The van der Waals surface area contributed by atoms with Crippen LogP contribution in [0.1, 0.15) is 95.3 Å². The number of terminal acetylenes is 1. The van der Waals surface area contributed by atoms with Gasteiger partial charge in [-0.2, -0.15) is 0 Å². The molecule has 3 aliphatic carbocycles. The monoisotopic (exact) mass is 1350 g/mol. The number of Topliss-reactive ketones (excluding diaryl/α,β-unsaturated/α-hetero) is 2. The number of allylic oxidation sites excluding steroid dienone is 4. The summed E-state index contributed by atoms with van der Waals surface area (Å²) in [5, 5.41) is 7.61. The molecule has 10 aromatic carbocycles. The van der Waals surface area contributed by atoms with E-state index in [1.807, 2.05) is 71.6 Å². The van der Waals surface area contributed by atoms with Crippen LogP contribution in [0.2, 0.25) is 39.3 Å². The fraction of sp³-hybridized carbons (Fsp3) is 0.163. The summed E-state index contributed by atoms with van der Waals surface area (Å²) in [7, 11) is -5.26. The van der Waals surface area contributed by atoms with E-state index in [4.69, 9.17) is 6.42 Å². The van der Waals surface area contributed by atoms with E-state index in [1.165, 1.54) is 90.8 Å². The largest absolute Gasteiger partial charge is 0.289 e. The van der Waals surface area contributed by atoms with E-state index in [1.54, 1.807) is 23.1 Å². The van der Waals surface area contributed by atoms with Gasteiger partial charge in [-0.15, -0.1) is 69.3 Å². The highest BCUT2D eigenvalue weighted by molar-refractivity contribution is 8.00. The quantitative estimate of drug-likeness (QED) is 0.123. The van der Waals surface area contributed by atoms with Crippen LogP contribution in [0.4, 0.5) is 0 Å². The Kier molecular flexibility index (Phi) is 17.4. The molecule has 464 valence electrons. The fourth-order valence-electron chi connectivity index (χ4n) is 14.4. The highest BCUT2D eigenvalue weighted by atomic mass is 32.2. The first-order chi connectivity index (χ1) is 45.6. The molecule has 0 N–H and O–H groups in total. The lowest BCUT2D eigenvalue weighted by Crippen LogP contribution is -2.30. The van der Waals surface area contributed by atoms with Gasteiger partial charge in [-0.1, -0.05) is 265 Å². The molecule has 5 aliphatic rings. The Morgan fingerprint density at radius 3 is 1.47 bits per heavy atom. The first kappa shape index (κ1) is 63.9. The lowest BCUT2D eigenvalue weighted by atomic mass is 9.75. The van der Waals surface area contributed by atoms with Crippen molar-refractivity contribution >= 4 is 139 Å². The molecule has 9 heteroatoms. The molecule has 17 rings (SSSR count). The number of rotatable bonds is 6. The summed E-state index contributed by atoms with van der Waals surface area (Å²) in [5.41, 5.74) is 25.1. The van der Waals surface area contributed by atoms with Gasteiger partial charge in [-0.25, -0.2) is 0 Å². The van der Waals surface area contributed by atoms with Crippen molar-refractivity contribution in [3.63, 3.8) is 0 Å². The van der Waals surface area contributed by atoms with Crippen LogP contribution in [0.3, 0.4) is 0 Å². The Morgan fingerprint density at radius 1 is 0.442 bits per heavy atom. The second-order valence-corrected chi connectivity index (χ2v) is 44.8. The van der Waals surface area contributed by atoms with Crippen molar-refractivity contribution in [2.75, 3.05) is 0 Å². The van der Waals surface area contributed by atoms with Gasteiger partial charge < -0.3 is 0 Å². The van der Waals surface area contributed by atoms with Gasteiger partial charge in [-0.05, 0) is 87.4 Å². The highest BCUT2D eigenvalue weighted by Gasteiger charge is 2.45. The van der Waals surface area contributed by atoms with E-state index < -0.39 is 24.2 Å². The lowest BCUT2D eigenvalue weighted by Gasteiger charge is -2.29. The van der Waals surface area contributed by atoms with Crippen molar-refractivity contribution in [2.45, 2.75) is 97.0 Å². The number of carbonyl (C=O) groups excluding carboxylic acids is 2. The van der Waals surface area contributed by atoms with Crippen LogP contribution >= 0.6 is 46.2 Å². The summed E-state index contributed by atoms with van der Waals surface area (Å²) in [6.07, 6.45) is 14.4. The molecule has 0 saturated heterocycles. The molecule has 0 amide bonds. The molecule has 4 atom stereocenters. The first-order valence-corrected chi connectivity index (χ1v) is 45.4. The van der Waals surface area contributed by atoms with Crippen molar-refractivity contribution in [3.05, 3.63) is 303 Å². The molecule has 2 aliphatic heterocycles. The molecule has 95 heavy (non-hydrogen) atoms. The Labute approximate surface area is 578 Å². The molecule has 2 aromatic heterocycles. The zero-order chi connectivity index (χ0) is 64.5. The van der Waals surface area contributed by atoms with Crippen LogP contribution in [-0.4, -0.2) is 41.0 Å². The smallest absolute Gasteiger partial charge is 0.195 e. The van der Waals surface area contributed by atoms with E-state index >= 15 is 0 Å². The second-order valence-electron chi connectivity index (χ2n) is 27.2. The molecule has 0 radical (unpaired) electrons. The van der Waals surface area contributed by atoms with Gasteiger partial charge in [0, 0.05) is 111 Å². The molecule has 4 unspecified atom stereocenters. The van der Waals surface area contributed by atoms with E-state index in [-0.39, 0.29) is 35.4 Å². The van der Waals surface area contributed by atoms with E-state index in [0.29, 0.717) is 28.2 Å². The topological polar surface area (TPSA) is 34.1 Å². The molecule has 0 spiro atoms. The Hall–Kier alpha value is -8.51. The number of hydrogen-bond donors (Lipinski definition) is 0. The Balaban J connectivity index is 0.000000151. The molecule has 0 fully saturated rings. The van der Waals surface area contributed by atoms with E-state index in [0.717, 1.165) is 38.3 Å². The van der Waals surface area contributed by atoms with Gasteiger partial charge in [0.05, 0.1) is 5.56 Å². The molecule has 12 aromatic rings. The van der Waals surface area contributed by atoms with Crippen molar-refractivity contribution < 1.29 is 9.59 Å². The third-order valence-electron chi connectivity index (χ3n) is 18.8. The van der Waals surface area contributed by atoms with Gasteiger partial charge in [0.15, 0.2) is 11.6 Å². The average Bonchev–Trinajstić information content (AvgIpc) is 1.66. The molecule has 4 heterocycles. The highest BCUT2D eigenvalue weighted by Crippen LogP contribution is 2.60. The Bertz CT molecular complexity index is 5370. The second kappa shape index (κ2) is 25.9. The number of ketones is 2. The van der Waals surface area contributed by atoms with Crippen LogP contribution in [0.15, 0.2) is 251 Å². The van der Waals surface area contributed by atoms with Crippen molar-refractivity contribution in [1.29, 1.82) is 0 Å². The van der Waals surface area contributed by atoms with Gasteiger partial charge in [0.2, 0.25) is 0 Å². The predicted octanol–water partition coefficient (Wildman–Crippen LogP) is 22.8. The third-order valence-corrected chi connectivity index (χ3v) is 30.3. The predicted molar refractivity (Wildman–Crippen MR) is 419 cm³/mol. The standard InChI is InChI=1S/C48H40S2Si2.C26H14O2S2.C11H14Si.CH4/c1-51(2,31-33-15-7-5-8-16-33)29-27-39-37-23-25-42-36-20-12-14-22-44(36)50-48(42)46(37)40(28-30-52(3,4)32-34-17-9-6-10-18-34)38-24-26-41-35-19-11-13-21-43(35)49-47(41)45(38)39;27-23-18-12-10-16-14-6-2-4-8-20(14)30-26(16)22(18)24(28)17-11-9-15-13-5-1-3-7-19(13)29-25(15)21(17)23;1-4-12(2,3)10-11-8-6-5-7-9-11;/h5-26,41,47H,31-32H2,1-4H3;1-12,15,25H;1,5-9H,10H2,2-3H3;1H4. The number of thioether (sulfide) groups is 2. The minimum atomic E-state index is -1.94. The minimum Gasteiger partial charge on any atom is -0.289 e. The third kappa shape index (κ3) is 12.1. The van der Waals surface area contributed by atoms with E-state index in [2.05, 4.69) is 256 Å². The minimum absolute atomic E-state index is 0. The molecular weight excluding hydrogens is 1280 g/mol. The normalized spacial score (nSPS) is 17.1. The maximum Gasteiger partial charge on any atom is 0.195 e. The fourth-order valence-corrected chi connectivity index (χ4v) is 24.9. The average molecular weight is 1350 g/mol. The van der Waals surface area contributed by atoms with Crippen molar-refractivity contribution in [1.82, 2.24) is 0 Å². The Morgan fingerprint density at radius 2 is 0.895 bits per heavy atom. The summed E-state index contributed by atoms with van der Waals surface area (Å²) in [6, 6.07) is 78.4. The van der Waals surface area contributed by atoms with Gasteiger partial charge in [0.25, 0.3) is 0 Å². The summed E-state index contributed by atoms with van der Waals surface area (Å²) < 4.78 is 4.72.